The number of hydrogen-bond acceptors (Lipinski definition) is 5. The molecule has 0 spiro atoms. The number of aliphatic hydroxyl groups is 4. The number of aryl methyl sites for hydroxylation is 2. The van der Waals surface area contributed by atoms with Gasteiger partial charge in [-0.2, -0.15) is 0 Å². The summed E-state index contributed by atoms with van der Waals surface area (Å²) in [6, 6.07) is 10.7. The number of benzene rings is 2. The molecule has 0 bridgehead atoms. The SMILES string of the molecule is CCc1ccc(Cc2cc([C@@H]3O[C@H](CO)[C@@H](O)[C@H](O)[C@H]3O)ccc2C)c(F)c1. The van der Waals surface area contributed by atoms with Crippen molar-refractivity contribution >= 4 is 0 Å². The molecule has 1 saturated heterocycles. The maximum atomic E-state index is 14.4. The van der Waals surface area contributed by atoms with Gasteiger partial charge < -0.3 is 25.2 Å². The quantitative estimate of drug-likeness (QED) is 0.625. The van der Waals surface area contributed by atoms with Crippen molar-refractivity contribution in [2.75, 3.05) is 6.61 Å². The predicted molar refractivity (Wildman–Crippen MR) is 102 cm³/mol. The summed E-state index contributed by atoms with van der Waals surface area (Å²) in [7, 11) is 0. The van der Waals surface area contributed by atoms with Gasteiger partial charge in [0.2, 0.25) is 0 Å². The molecule has 1 fully saturated rings. The van der Waals surface area contributed by atoms with Crippen LogP contribution in [0.2, 0.25) is 0 Å². The highest BCUT2D eigenvalue weighted by Crippen LogP contribution is 2.33. The second-order valence-corrected chi connectivity index (χ2v) is 7.39. The van der Waals surface area contributed by atoms with E-state index in [0.717, 1.165) is 23.1 Å². The van der Waals surface area contributed by atoms with Gasteiger partial charge >= 0.3 is 0 Å². The molecule has 3 rings (SSSR count). The smallest absolute Gasteiger partial charge is 0.127 e. The topological polar surface area (TPSA) is 90.2 Å². The molecular formula is C22H27FO5. The summed E-state index contributed by atoms with van der Waals surface area (Å²) in [5.74, 6) is -0.253. The Morgan fingerprint density at radius 1 is 0.964 bits per heavy atom. The first-order chi connectivity index (χ1) is 13.3. The van der Waals surface area contributed by atoms with Crippen LogP contribution in [0.1, 0.15) is 40.8 Å². The molecule has 5 atom stereocenters. The minimum atomic E-state index is -1.43. The molecule has 5 nitrogen and oxygen atoms in total. The van der Waals surface area contributed by atoms with Gasteiger partial charge in [0, 0.05) is 6.42 Å². The largest absolute Gasteiger partial charge is 0.394 e. The molecule has 4 N–H and O–H groups in total. The van der Waals surface area contributed by atoms with Gasteiger partial charge in [-0.05, 0) is 47.2 Å². The van der Waals surface area contributed by atoms with Crippen LogP contribution in [0.3, 0.4) is 0 Å². The second-order valence-electron chi connectivity index (χ2n) is 7.39. The number of halogens is 1. The summed E-state index contributed by atoms with van der Waals surface area (Å²) in [6.07, 6.45) is -4.88. The van der Waals surface area contributed by atoms with Crippen LogP contribution in [0.15, 0.2) is 36.4 Å². The second kappa shape index (κ2) is 8.68. The highest BCUT2D eigenvalue weighted by atomic mass is 19.1. The van der Waals surface area contributed by atoms with Crippen molar-refractivity contribution in [2.24, 2.45) is 0 Å². The highest BCUT2D eigenvalue weighted by molar-refractivity contribution is 5.38. The molecule has 0 radical (unpaired) electrons. The Balaban J connectivity index is 1.89. The van der Waals surface area contributed by atoms with E-state index in [9.17, 15) is 24.8 Å². The Kier molecular flexibility index (Phi) is 6.47. The Hall–Kier alpha value is -1.83. The summed E-state index contributed by atoms with van der Waals surface area (Å²) in [5.41, 5.74) is 3.95. The van der Waals surface area contributed by atoms with E-state index in [1.54, 1.807) is 18.2 Å². The molecule has 6 heteroatoms. The molecule has 28 heavy (non-hydrogen) atoms. The van der Waals surface area contributed by atoms with Crippen LogP contribution in [-0.4, -0.2) is 51.4 Å². The van der Waals surface area contributed by atoms with Gasteiger partial charge in [0.1, 0.15) is 36.3 Å². The molecule has 1 aliphatic rings. The van der Waals surface area contributed by atoms with Gasteiger partial charge in [0.15, 0.2) is 0 Å². The van der Waals surface area contributed by atoms with Gasteiger partial charge in [0.05, 0.1) is 6.61 Å². The van der Waals surface area contributed by atoms with E-state index >= 15 is 0 Å². The Morgan fingerprint density at radius 2 is 1.71 bits per heavy atom. The molecule has 1 heterocycles. The molecule has 2 aromatic carbocycles. The maximum absolute atomic E-state index is 14.4. The van der Waals surface area contributed by atoms with Gasteiger partial charge in [-0.15, -0.1) is 0 Å². The van der Waals surface area contributed by atoms with E-state index in [0.29, 0.717) is 17.5 Å². The van der Waals surface area contributed by atoms with Crippen LogP contribution in [-0.2, 0) is 17.6 Å². The molecule has 0 aliphatic carbocycles. The maximum Gasteiger partial charge on any atom is 0.127 e. The molecule has 2 aromatic rings. The van der Waals surface area contributed by atoms with Crippen LogP contribution >= 0.6 is 0 Å². The summed E-state index contributed by atoms with van der Waals surface area (Å²) in [5, 5.41) is 39.7. The zero-order chi connectivity index (χ0) is 20.4. The van der Waals surface area contributed by atoms with Gasteiger partial charge in [-0.25, -0.2) is 4.39 Å². The molecule has 0 saturated carbocycles. The number of ether oxygens (including phenoxy) is 1. The van der Waals surface area contributed by atoms with E-state index in [1.165, 1.54) is 0 Å². The van der Waals surface area contributed by atoms with Crippen LogP contribution in [0.4, 0.5) is 4.39 Å². The molecule has 0 amide bonds. The first kappa shape index (κ1) is 20.9. The summed E-state index contributed by atoms with van der Waals surface area (Å²) < 4.78 is 20.0. The van der Waals surface area contributed by atoms with E-state index in [2.05, 4.69) is 0 Å². The molecule has 0 unspecified atom stereocenters. The minimum absolute atomic E-state index is 0.253. The Labute approximate surface area is 164 Å². The zero-order valence-corrected chi connectivity index (χ0v) is 16.0. The molecular weight excluding hydrogens is 363 g/mol. The van der Waals surface area contributed by atoms with Crippen molar-refractivity contribution < 1.29 is 29.6 Å². The third-order valence-electron chi connectivity index (χ3n) is 5.50. The summed E-state index contributed by atoms with van der Waals surface area (Å²) in [6.45, 7) is 3.42. The van der Waals surface area contributed by atoms with E-state index in [4.69, 9.17) is 4.74 Å². The third-order valence-corrected chi connectivity index (χ3v) is 5.50. The fourth-order valence-corrected chi connectivity index (χ4v) is 3.60. The Morgan fingerprint density at radius 3 is 2.36 bits per heavy atom. The zero-order valence-electron chi connectivity index (χ0n) is 16.0. The van der Waals surface area contributed by atoms with Gasteiger partial charge in [-0.3, -0.25) is 0 Å². The third kappa shape index (κ3) is 4.11. The van der Waals surface area contributed by atoms with E-state index < -0.39 is 37.1 Å². The van der Waals surface area contributed by atoms with Gasteiger partial charge in [0.25, 0.3) is 0 Å². The van der Waals surface area contributed by atoms with Crippen LogP contribution in [0, 0.1) is 12.7 Å². The van der Waals surface area contributed by atoms with E-state index in [-0.39, 0.29) is 5.82 Å². The molecule has 1 aliphatic heterocycles. The van der Waals surface area contributed by atoms with Crippen molar-refractivity contribution in [3.63, 3.8) is 0 Å². The van der Waals surface area contributed by atoms with E-state index in [1.807, 2.05) is 32.0 Å². The molecule has 0 aromatic heterocycles. The first-order valence-electron chi connectivity index (χ1n) is 9.53. The minimum Gasteiger partial charge on any atom is -0.394 e. The van der Waals surface area contributed by atoms with Crippen molar-refractivity contribution in [3.8, 4) is 0 Å². The monoisotopic (exact) mass is 390 g/mol. The number of hydrogen-bond donors (Lipinski definition) is 4. The fraction of sp³-hybridized carbons (Fsp3) is 0.455. The summed E-state index contributed by atoms with van der Waals surface area (Å²) in [4.78, 5) is 0. The lowest BCUT2D eigenvalue weighted by Gasteiger charge is -2.40. The van der Waals surface area contributed by atoms with Crippen molar-refractivity contribution in [2.45, 2.75) is 57.2 Å². The average molecular weight is 390 g/mol. The fourth-order valence-electron chi connectivity index (χ4n) is 3.60. The highest BCUT2D eigenvalue weighted by Gasteiger charge is 2.43. The molecule has 152 valence electrons. The first-order valence-corrected chi connectivity index (χ1v) is 9.53. The average Bonchev–Trinajstić information content (AvgIpc) is 2.69. The van der Waals surface area contributed by atoms with Crippen LogP contribution < -0.4 is 0 Å². The lowest BCUT2D eigenvalue weighted by atomic mass is 9.89. The standard InChI is InChI=1S/C22H27FO5/c1-3-13-5-7-14(17(23)8-13)9-16-10-15(6-4-12(16)2)22-21(27)20(26)19(25)18(11-24)28-22/h4-8,10,18-22,24-27H,3,9,11H2,1-2H3/t18-,19-,20+,21-,22+/m1/s1. The van der Waals surface area contributed by atoms with Crippen LogP contribution in [0.5, 0.6) is 0 Å². The lowest BCUT2D eigenvalue weighted by Crippen LogP contribution is -2.55. The number of rotatable bonds is 5. The van der Waals surface area contributed by atoms with Crippen molar-refractivity contribution in [1.29, 1.82) is 0 Å². The van der Waals surface area contributed by atoms with Gasteiger partial charge in [-0.1, -0.05) is 37.3 Å². The van der Waals surface area contributed by atoms with Crippen molar-refractivity contribution in [3.05, 3.63) is 70.0 Å². The number of aliphatic hydroxyl groups excluding tert-OH is 4. The van der Waals surface area contributed by atoms with Crippen LogP contribution in [0.25, 0.3) is 0 Å². The predicted octanol–water partition coefficient (Wildman–Crippen LogP) is 1.80. The Bertz CT molecular complexity index is 823. The summed E-state index contributed by atoms with van der Waals surface area (Å²) >= 11 is 0. The normalized spacial score (nSPS) is 27.8. The lowest BCUT2D eigenvalue weighted by molar-refractivity contribution is -0.231. The van der Waals surface area contributed by atoms with Crippen molar-refractivity contribution in [1.82, 2.24) is 0 Å².